The molecule has 0 bridgehead atoms. The predicted molar refractivity (Wildman–Crippen MR) is 103 cm³/mol. The van der Waals surface area contributed by atoms with E-state index < -0.39 is 5.60 Å². The lowest BCUT2D eigenvalue weighted by Gasteiger charge is -2.33. The summed E-state index contributed by atoms with van der Waals surface area (Å²) in [5, 5.41) is 0. The van der Waals surface area contributed by atoms with Crippen LogP contribution in [0, 0.1) is 5.41 Å². The number of nitrogens with zero attached hydrogens (tertiary/aromatic N) is 1. The zero-order valence-electron chi connectivity index (χ0n) is 16.5. The molecule has 3 rings (SSSR count). The Morgan fingerprint density at radius 1 is 1.15 bits per heavy atom. The van der Waals surface area contributed by atoms with E-state index >= 15 is 0 Å². The summed E-state index contributed by atoms with van der Waals surface area (Å²) in [5.74, 6) is 0. The average molecular weight is 360 g/mol. The van der Waals surface area contributed by atoms with E-state index in [1.807, 2.05) is 43.9 Å². The standard InChI is InChI=1S/C22H33NO3/c1-21(2,3)26-20(24)23-17-22(12-8-5-9-13-22)14-19(23)16-25-15-18-10-6-4-7-11-18/h4,6-7,10-11,19H,5,8-9,12-17H2,1-3H3/t19-/m0/s1. The quantitative estimate of drug-likeness (QED) is 0.745. The molecule has 1 aliphatic heterocycles. The van der Waals surface area contributed by atoms with Gasteiger partial charge in [-0.1, -0.05) is 49.6 Å². The predicted octanol–water partition coefficient (Wildman–Crippen LogP) is 5.16. The fourth-order valence-electron chi connectivity index (χ4n) is 4.40. The van der Waals surface area contributed by atoms with Crippen LogP contribution in [0.15, 0.2) is 30.3 Å². The summed E-state index contributed by atoms with van der Waals surface area (Å²) in [6.45, 7) is 7.78. The molecule has 0 aromatic heterocycles. The summed E-state index contributed by atoms with van der Waals surface area (Å²) in [7, 11) is 0. The number of rotatable bonds is 4. The highest BCUT2D eigenvalue weighted by Gasteiger charge is 2.47. The fraction of sp³-hybridized carbons (Fsp3) is 0.682. The molecule has 2 fully saturated rings. The number of hydrogen-bond donors (Lipinski definition) is 0. The number of amides is 1. The SMILES string of the molecule is CC(C)(C)OC(=O)N1CC2(CCCCC2)C[C@H]1COCc1ccccc1. The number of hydrogen-bond acceptors (Lipinski definition) is 3. The Balaban J connectivity index is 1.64. The van der Waals surface area contributed by atoms with Crippen molar-refractivity contribution in [2.75, 3.05) is 13.2 Å². The first-order valence-corrected chi connectivity index (χ1v) is 9.98. The van der Waals surface area contributed by atoms with Crippen molar-refractivity contribution in [1.82, 2.24) is 4.90 Å². The van der Waals surface area contributed by atoms with Crippen LogP contribution in [0.1, 0.15) is 64.9 Å². The van der Waals surface area contributed by atoms with Gasteiger partial charge in [0.1, 0.15) is 5.60 Å². The van der Waals surface area contributed by atoms with Crippen molar-refractivity contribution in [3.8, 4) is 0 Å². The van der Waals surface area contributed by atoms with Crippen molar-refractivity contribution in [3.05, 3.63) is 35.9 Å². The van der Waals surface area contributed by atoms with Gasteiger partial charge in [-0.25, -0.2) is 4.79 Å². The summed E-state index contributed by atoms with van der Waals surface area (Å²) in [6, 6.07) is 10.3. The molecule has 1 spiro atoms. The van der Waals surface area contributed by atoms with E-state index in [-0.39, 0.29) is 17.6 Å². The minimum Gasteiger partial charge on any atom is -0.444 e. The molecule has 2 aliphatic rings. The molecule has 4 nitrogen and oxygen atoms in total. The lowest BCUT2D eigenvalue weighted by molar-refractivity contribution is 0.00793. The fourth-order valence-corrected chi connectivity index (χ4v) is 4.40. The van der Waals surface area contributed by atoms with Gasteiger partial charge in [0.15, 0.2) is 0 Å². The zero-order valence-corrected chi connectivity index (χ0v) is 16.5. The van der Waals surface area contributed by atoms with Gasteiger partial charge in [-0.05, 0) is 51.0 Å². The van der Waals surface area contributed by atoms with E-state index in [1.54, 1.807) is 0 Å². The van der Waals surface area contributed by atoms with E-state index in [9.17, 15) is 4.79 Å². The van der Waals surface area contributed by atoms with Crippen molar-refractivity contribution >= 4 is 6.09 Å². The van der Waals surface area contributed by atoms with Crippen molar-refractivity contribution in [1.29, 1.82) is 0 Å². The minimum absolute atomic E-state index is 0.117. The van der Waals surface area contributed by atoms with Crippen molar-refractivity contribution in [2.24, 2.45) is 5.41 Å². The average Bonchev–Trinajstić information content (AvgIpc) is 2.93. The van der Waals surface area contributed by atoms with Gasteiger partial charge in [-0.3, -0.25) is 0 Å². The third-order valence-electron chi connectivity index (χ3n) is 5.58. The Morgan fingerprint density at radius 2 is 1.85 bits per heavy atom. The Hall–Kier alpha value is -1.55. The molecule has 144 valence electrons. The molecule has 1 amide bonds. The third kappa shape index (κ3) is 5.00. The number of carbonyl (C=O) groups excluding carboxylic acids is 1. The van der Waals surface area contributed by atoms with E-state index in [4.69, 9.17) is 9.47 Å². The van der Waals surface area contributed by atoms with Crippen LogP contribution in [0.4, 0.5) is 4.79 Å². The van der Waals surface area contributed by atoms with Gasteiger partial charge in [-0.2, -0.15) is 0 Å². The molecule has 1 heterocycles. The topological polar surface area (TPSA) is 38.8 Å². The lowest BCUT2D eigenvalue weighted by Crippen LogP contribution is -2.42. The van der Waals surface area contributed by atoms with Crippen molar-refractivity contribution in [3.63, 3.8) is 0 Å². The van der Waals surface area contributed by atoms with E-state index in [0.717, 1.165) is 13.0 Å². The Bertz CT molecular complexity index is 587. The molecule has 1 aromatic rings. The molecule has 1 saturated carbocycles. The molecule has 0 radical (unpaired) electrons. The van der Waals surface area contributed by atoms with Crippen LogP contribution < -0.4 is 0 Å². The van der Waals surface area contributed by atoms with Crippen LogP contribution in [-0.2, 0) is 16.1 Å². The highest BCUT2D eigenvalue weighted by atomic mass is 16.6. The maximum absolute atomic E-state index is 12.8. The van der Waals surface area contributed by atoms with Gasteiger partial charge < -0.3 is 14.4 Å². The first-order valence-electron chi connectivity index (χ1n) is 9.98. The summed E-state index contributed by atoms with van der Waals surface area (Å²) in [4.78, 5) is 14.7. The van der Waals surface area contributed by atoms with Crippen LogP contribution in [-0.4, -0.2) is 35.8 Å². The molecule has 1 atom stereocenters. The Kier molecular flexibility index (Phi) is 5.91. The number of benzene rings is 1. The summed E-state index contributed by atoms with van der Waals surface area (Å²) < 4.78 is 11.7. The molecule has 1 aromatic carbocycles. The minimum atomic E-state index is -0.463. The van der Waals surface area contributed by atoms with E-state index in [1.165, 1.54) is 37.7 Å². The van der Waals surface area contributed by atoms with Gasteiger partial charge in [0.2, 0.25) is 0 Å². The second-order valence-corrected chi connectivity index (χ2v) is 9.03. The van der Waals surface area contributed by atoms with E-state index in [0.29, 0.717) is 13.2 Å². The highest BCUT2D eigenvalue weighted by molar-refractivity contribution is 5.69. The molecule has 1 aliphatic carbocycles. The largest absolute Gasteiger partial charge is 0.444 e. The second kappa shape index (κ2) is 7.99. The molecule has 0 N–H and O–H groups in total. The Labute approximate surface area is 157 Å². The molecule has 0 unspecified atom stereocenters. The van der Waals surface area contributed by atoms with Crippen LogP contribution in [0.5, 0.6) is 0 Å². The van der Waals surface area contributed by atoms with Gasteiger partial charge in [0.05, 0.1) is 19.3 Å². The first kappa shape index (κ1) is 19.2. The summed E-state index contributed by atoms with van der Waals surface area (Å²) in [5.41, 5.74) is 0.979. The van der Waals surface area contributed by atoms with Gasteiger partial charge in [0.25, 0.3) is 0 Å². The van der Waals surface area contributed by atoms with Crippen molar-refractivity contribution < 1.29 is 14.3 Å². The molecular weight excluding hydrogens is 326 g/mol. The monoisotopic (exact) mass is 359 g/mol. The first-order chi connectivity index (χ1) is 12.4. The smallest absolute Gasteiger partial charge is 0.410 e. The van der Waals surface area contributed by atoms with Crippen molar-refractivity contribution in [2.45, 2.75) is 77.5 Å². The van der Waals surface area contributed by atoms with Gasteiger partial charge in [0, 0.05) is 6.54 Å². The lowest BCUT2D eigenvalue weighted by atomic mass is 9.73. The van der Waals surface area contributed by atoms with Crippen LogP contribution in [0.25, 0.3) is 0 Å². The maximum atomic E-state index is 12.8. The Morgan fingerprint density at radius 3 is 2.50 bits per heavy atom. The maximum Gasteiger partial charge on any atom is 0.410 e. The highest BCUT2D eigenvalue weighted by Crippen LogP contribution is 2.46. The van der Waals surface area contributed by atoms with Crippen LogP contribution >= 0.6 is 0 Å². The van der Waals surface area contributed by atoms with Gasteiger partial charge >= 0.3 is 6.09 Å². The third-order valence-corrected chi connectivity index (χ3v) is 5.58. The molecule has 1 saturated heterocycles. The number of carbonyl (C=O) groups is 1. The van der Waals surface area contributed by atoms with E-state index in [2.05, 4.69) is 12.1 Å². The van der Waals surface area contributed by atoms with Crippen LogP contribution in [0.2, 0.25) is 0 Å². The summed E-state index contributed by atoms with van der Waals surface area (Å²) in [6.07, 6.45) is 7.18. The zero-order chi connectivity index (χ0) is 18.6. The summed E-state index contributed by atoms with van der Waals surface area (Å²) >= 11 is 0. The second-order valence-electron chi connectivity index (χ2n) is 9.03. The molecular formula is C22H33NO3. The normalized spacial score (nSPS) is 22.6. The number of likely N-dealkylation sites (tertiary alicyclic amines) is 1. The van der Waals surface area contributed by atoms with Crippen LogP contribution in [0.3, 0.4) is 0 Å². The number of ether oxygens (including phenoxy) is 2. The van der Waals surface area contributed by atoms with Gasteiger partial charge in [-0.15, -0.1) is 0 Å². The molecule has 26 heavy (non-hydrogen) atoms. The molecule has 4 heteroatoms.